The monoisotopic (exact) mass is 310 g/mol. The van der Waals surface area contributed by atoms with Gasteiger partial charge in [-0.25, -0.2) is 4.39 Å². The number of aliphatic carboxylic acids is 1. The van der Waals surface area contributed by atoms with E-state index in [0.717, 1.165) is 17.8 Å². The standard InChI is InChI=1S/C13H11FN2O4S/c1-7(13(17)18)6-21-12-9(14)5-10(16(19)20)8-3-2-4-15-11(8)12/h2-5,7H,6H2,1H3,(H,17,18). The molecular formula is C13H11FN2O4S. The molecule has 2 rings (SSSR count). The molecule has 0 amide bonds. The highest BCUT2D eigenvalue weighted by Crippen LogP contribution is 2.35. The van der Waals surface area contributed by atoms with Gasteiger partial charge in [0.25, 0.3) is 5.69 Å². The highest BCUT2D eigenvalue weighted by atomic mass is 32.2. The number of thioether (sulfide) groups is 1. The molecule has 0 saturated heterocycles. The third-order valence-corrected chi connectivity index (χ3v) is 4.22. The van der Waals surface area contributed by atoms with Crippen LogP contribution in [0.25, 0.3) is 10.9 Å². The number of aromatic nitrogens is 1. The summed E-state index contributed by atoms with van der Waals surface area (Å²) < 4.78 is 14.1. The number of benzene rings is 1. The van der Waals surface area contributed by atoms with Crippen molar-refractivity contribution >= 4 is 34.3 Å². The maximum atomic E-state index is 14.1. The van der Waals surface area contributed by atoms with E-state index in [9.17, 15) is 19.3 Å². The van der Waals surface area contributed by atoms with E-state index in [0.29, 0.717) is 0 Å². The number of hydrogen-bond donors (Lipinski definition) is 1. The Morgan fingerprint density at radius 3 is 2.95 bits per heavy atom. The van der Waals surface area contributed by atoms with Crippen molar-refractivity contribution in [1.82, 2.24) is 4.98 Å². The van der Waals surface area contributed by atoms with E-state index in [4.69, 9.17) is 5.11 Å². The van der Waals surface area contributed by atoms with Crippen molar-refractivity contribution in [2.75, 3.05) is 5.75 Å². The maximum absolute atomic E-state index is 14.1. The first-order valence-electron chi connectivity index (χ1n) is 5.99. The molecule has 1 atom stereocenters. The van der Waals surface area contributed by atoms with Crippen LogP contribution >= 0.6 is 11.8 Å². The van der Waals surface area contributed by atoms with Gasteiger partial charge >= 0.3 is 5.97 Å². The van der Waals surface area contributed by atoms with Crippen molar-refractivity contribution < 1.29 is 19.2 Å². The molecule has 6 nitrogen and oxygen atoms in total. The molecule has 0 aliphatic heterocycles. The summed E-state index contributed by atoms with van der Waals surface area (Å²) in [7, 11) is 0. The fraction of sp³-hybridized carbons (Fsp3) is 0.231. The van der Waals surface area contributed by atoms with Crippen LogP contribution in [0.15, 0.2) is 29.3 Å². The molecule has 1 heterocycles. The van der Waals surface area contributed by atoms with Gasteiger partial charge < -0.3 is 5.11 Å². The average molecular weight is 310 g/mol. The highest BCUT2D eigenvalue weighted by Gasteiger charge is 2.21. The minimum atomic E-state index is -0.984. The van der Waals surface area contributed by atoms with Gasteiger partial charge in [-0.15, -0.1) is 11.8 Å². The summed E-state index contributed by atoms with van der Waals surface area (Å²) in [5, 5.41) is 20.0. The number of nitro groups is 1. The molecule has 1 unspecified atom stereocenters. The molecule has 0 bridgehead atoms. The Bertz CT molecular complexity index is 723. The summed E-state index contributed by atoms with van der Waals surface area (Å²) in [6.07, 6.45) is 1.41. The van der Waals surface area contributed by atoms with E-state index in [2.05, 4.69) is 4.98 Å². The minimum absolute atomic E-state index is 0.129. The van der Waals surface area contributed by atoms with Crippen molar-refractivity contribution in [1.29, 1.82) is 0 Å². The summed E-state index contributed by atoms with van der Waals surface area (Å²) in [6.45, 7) is 1.51. The molecule has 21 heavy (non-hydrogen) atoms. The van der Waals surface area contributed by atoms with Crippen molar-refractivity contribution in [3.63, 3.8) is 0 Å². The van der Waals surface area contributed by atoms with Crippen molar-refractivity contribution in [2.24, 2.45) is 5.92 Å². The lowest BCUT2D eigenvalue weighted by Gasteiger charge is -2.09. The number of hydrogen-bond acceptors (Lipinski definition) is 5. The summed E-state index contributed by atoms with van der Waals surface area (Å²) in [5.74, 6) is -2.27. The first kappa shape index (κ1) is 15.2. The van der Waals surface area contributed by atoms with Gasteiger partial charge in [-0.2, -0.15) is 0 Å². The Morgan fingerprint density at radius 1 is 1.62 bits per heavy atom. The number of pyridine rings is 1. The van der Waals surface area contributed by atoms with Crippen LogP contribution in [-0.2, 0) is 4.79 Å². The third-order valence-electron chi connectivity index (χ3n) is 2.88. The molecule has 2 aromatic rings. The molecule has 8 heteroatoms. The number of rotatable bonds is 5. The van der Waals surface area contributed by atoms with Gasteiger partial charge in [-0.3, -0.25) is 19.9 Å². The van der Waals surface area contributed by atoms with Gasteiger partial charge in [-0.05, 0) is 12.1 Å². The van der Waals surface area contributed by atoms with Gasteiger partial charge in [0.05, 0.1) is 32.7 Å². The topological polar surface area (TPSA) is 93.3 Å². The van der Waals surface area contributed by atoms with Crippen LogP contribution in [0.5, 0.6) is 0 Å². The third kappa shape index (κ3) is 3.10. The number of nitro benzene ring substituents is 1. The highest BCUT2D eigenvalue weighted by molar-refractivity contribution is 7.99. The van der Waals surface area contributed by atoms with E-state index in [-0.39, 0.29) is 27.2 Å². The van der Waals surface area contributed by atoms with E-state index < -0.39 is 22.6 Å². The second-order valence-electron chi connectivity index (χ2n) is 4.41. The van der Waals surface area contributed by atoms with Crippen LogP contribution in [0.4, 0.5) is 10.1 Å². The van der Waals surface area contributed by atoms with Gasteiger partial charge in [0, 0.05) is 11.9 Å². The quantitative estimate of drug-likeness (QED) is 0.518. The Labute approximate surface area is 123 Å². The van der Waals surface area contributed by atoms with Crippen molar-refractivity contribution in [3.8, 4) is 0 Å². The minimum Gasteiger partial charge on any atom is -0.481 e. The van der Waals surface area contributed by atoms with Gasteiger partial charge in [0.2, 0.25) is 0 Å². The summed E-state index contributed by atoms with van der Waals surface area (Å²) in [6, 6.07) is 3.87. The first-order valence-corrected chi connectivity index (χ1v) is 6.97. The molecular weight excluding hydrogens is 299 g/mol. The number of halogens is 1. The molecule has 0 aliphatic rings. The van der Waals surface area contributed by atoms with Crippen LogP contribution in [0.1, 0.15) is 6.92 Å². The zero-order valence-corrected chi connectivity index (χ0v) is 11.8. The van der Waals surface area contributed by atoms with E-state index in [1.54, 1.807) is 0 Å². The smallest absolute Gasteiger partial charge is 0.307 e. The van der Waals surface area contributed by atoms with Gasteiger partial charge in [0.1, 0.15) is 5.82 Å². The predicted octanol–water partition coefficient (Wildman–Crippen LogP) is 3.09. The Morgan fingerprint density at radius 2 is 2.33 bits per heavy atom. The second kappa shape index (κ2) is 6.04. The summed E-state index contributed by atoms with van der Waals surface area (Å²) in [5.41, 5.74) is -0.182. The van der Waals surface area contributed by atoms with Crippen LogP contribution in [-0.4, -0.2) is 26.7 Å². The maximum Gasteiger partial charge on any atom is 0.307 e. The predicted molar refractivity (Wildman–Crippen MR) is 75.9 cm³/mol. The molecule has 0 fully saturated rings. The molecule has 0 radical (unpaired) electrons. The van der Waals surface area contributed by atoms with Crippen LogP contribution < -0.4 is 0 Å². The fourth-order valence-corrected chi connectivity index (χ4v) is 2.79. The lowest BCUT2D eigenvalue weighted by Crippen LogP contribution is -2.12. The Balaban J connectivity index is 2.49. The largest absolute Gasteiger partial charge is 0.481 e. The normalized spacial score (nSPS) is 12.3. The van der Waals surface area contributed by atoms with E-state index in [1.165, 1.54) is 25.3 Å². The number of nitrogens with zero attached hydrogens (tertiary/aromatic N) is 2. The molecule has 0 spiro atoms. The Kier molecular flexibility index (Phi) is 4.37. The van der Waals surface area contributed by atoms with Crippen LogP contribution in [0.3, 0.4) is 0 Å². The fourth-order valence-electron chi connectivity index (χ4n) is 1.74. The van der Waals surface area contributed by atoms with Crippen LogP contribution in [0.2, 0.25) is 0 Å². The number of carboxylic acid groups (broad SMARTS) is 1. The number of carbonyl (C=O) groups is 1. The number of fused-ring (bicyclic) bond motifs is 1. The summed E-state index contributed by atoms with van der Waals surface area (Å²) >= 11 is 0.992. The lowest BCUT2D eigenvalue weighted by atomic mass is 10.2. The zero-order chi connectivity index (χ0) is 15.6. The molecule has 1 N–H and O–H groups in total. The Hall–Kier alpha value is -2.22. The summed E-state index contributed by atoms with van der Waals surface area (Å²) in [4.78, 5) is 25.2. The van der Waals surface area contributed by atoms with Crippen LogP contribution in [0, 0.1) is 21.8 Å². The molecule has 0 aliphatic carbocycles. The lowest BCUT2D eigenvalue weighted by molar-refractivity contribution is -0.383. The molecule has 110 valence electrons. The number of non-ortho nitro benzene ring substituents is 1. The van der Waals surface area contributed by atoms with Crippen molar-refractivity contribution in [3.05, 3.63) is 40.3 Å². The average Bonchev–Trinajstić information content (AvgIpc) is 2.44. The van der Waals surface area contributed by atoms with Gasteiger partial charge in [0.15, 0.2) is 0 Å². The number of carboxylic acids is 1. The molecule has 0 saturated carbocycles. The molecule has 1 aromatic heterocycles. The molecule has 1 aromatic carbocycles. The van der Waals surface area contributed by atoms with Gasteiger partial charge in [-0.1, -0.05) is 6.92 Å². The van der Waals surface area contributed by atoms with E-state index in [1.807, 2.05) is 0 Å². The van der Waals surface area contributed by atoms with Crippen molar-refractivity contribution in [2.45, 2.75) is 11.8 Å². The SMILES string of the molecule is CC(CSc1c(F)cc([N+](=O)[O-])c2cccnc12)C(=O)O. The first-order chi connectivity index (χ1) is 9.91. The second-order valence-corrected chi connectivity index (χ2v) is 5.44. The van der Waals surface area contributed by atoms with E-state index >= 15 is 0 Å². The zero-order valence-electron chi connectivity index (χ0n) is 10.9.